The average Bonchev–Trinajstić information content (AvgIpc) is 2.72. The molecule has 0 radical (unpaired) electrons. The summed E-state index contributed by atoms with van der Waals surface area (Å²) in [5.74, 6) is -1.05. The first-order valence-corrected chi connectivity index (χ1v) is 8.90. The van der Waals surface area contributed by atoms with Crippen LogP contribution in [0, 0.1) is 17.5 Å². The summed E-state index contributed by atoms with van der Waals surface area (Å²) in [5.41, 5.74) is 0.991. The molecule has 28 heavy (non-hydrogen) atoms. The Morgan fingerprint density at radius 3 is 2.29 bits per heavy atom. The highest BCUT2D eigenvalue weighted by molar-refractivity contribution is 5.57. The van der Waals surface area contributed by atoms with Crippen LogP contribution in [-0.4, -0.2) is 36.1 Å². The lowest BCUT2D eigenvalue weighted by atomic mass is 10.2. The fourth-order valence-electron chi connectivity index (χ4n) is 3.15. The van der Waals surface area contributed by atoms with Gasteiger partial charge in [0.25, 0.3) is 0 Å². The zero-order valence-corrected chi connectivity index (χ0v) is 14.9. The highest BCUT2D eigenvalue weighted by Gasteiger charge is 2.21. The van der Waals surface area contributed by atoms with Gasteiger partial charge in [0.05, 0.1) is 5.69 Å². The van der Waals surface area contributed by atoms with E-state index in [1.165, 1.54) is 12.1 Å². The molecule has 8 heteroatoms. The third-order valence-electron chi connectivity index (χ3n) is 4.59. The van der Waals surface area contributed by atoms with Crippen LogP contribution in [-0.2, 0) is 0 Å². The van der Waals surface area contributed by atoms with Gasteiger partial charge >= 0.3 is 0 Å². The number of hydrogen-bond donors (Lipinski definition) is 1. The van der Waals surface area contributed by atoms with Crippen LogP contribution in [0.5, 0.6) is 0 Å². The van der Waals surface area contributed by atoms with Crippen molar-refractivity contribution in [1.29, 1.82) is 0 Å². The van der Waals surface area contributed by atoms with E-state index >= 15 is 0 Å². The number of nitrogens with zero attached hydrogens (tertiary/aromatic N) is 4. The van der Waals surface area contributed by atoms with E-state index in [-0.39, 0.29) is 5.82 Å². The fourth-order valence-corrected chi connectivity index (χ4v) is 3.15. The first kappa shape index (κ1) is 18.1. The average molecular weight is 385 g/mol. The number of rotatable bonds is 4. The van der Waals surface area contributed by atoms with Crippen molar-refractivity contribution in [2.75, 3.05) is 41.3 Å². The summed E-state index contributed by atoms with van der Waals surface area (Å²) in [6.07, 6.45) is 1.60. The van der Waals surface area contributed by atoms with E-state index < -0.39 is 11.6 Å². The predicted octanol–water partition coefficient (Wildman–Crippen LogP) is 3.96. The van der Waals surface area contributed by atoms with Gasteiger partial charge in [0.2, 0.25) is 5.95 Å². The molecule has 0 bridgehead atoms. The number of aromatic nitrogens is 2. The Kier molecular flexibility index (Phi) is 5.01. The zero-order chi connectivity index (χ0) is 19.5. The SMILES string of the molecule is Fc1ccc(Nc2ccnc(N3CCN(c4ccccc4F)CC3)n2)cc1F. The Morgan fingerprint density at radius 1 is 0.786 bits per heavy atom. The summed E-state index contributed by atoms with van der Waals surface area (Å²) < 4.78 is 40.4. The molecule has 1 aromatic heterocycles. The molecule has 144 valence electrons. The number of anilines is 4. The minimum absolute atomic E-state index is 0.232. The molecule has 1 saturated heterocycles. The van der Waals surface area contributed by atoms with E-state index in [1.807, 2.05) is 15.9 Å². The number of halogens is 3. The Labute approximate surface area is 160 Å². The molecule has 1 fully saturated rings. The summed E-state index contributed by atoms with van der Waals surface area (Å²) >= 11 is 0. The van der Waals surface area contributed by atoms with Crippen molar-refractivity contribution in [1.82, 2.24) is 9.97 Å². The van der Waals surface area contributed by atoms with Gasteiger partial charge in [-0.1, -0.05) is 12.1 Å². The van der Waals surface area contributed by atoms with Gasteiger partial charge in [0, 0.05) is 44.1 Å². The lowest BCUT2D eigenvalue weighted by Crippen LogP contribution is -2.47. The number of piperazine rings is 1. The summed E-state index contributed by atoms with van der Waals surface area (Å²) in [6, 6.07) is 11.9. The van der Waals surface area contributed by atoms with Gasteiger partial charge < -0.3 is 15.1 Å². The maximum absolute atomic E-state index is 14.0. The second kappa shape index (κ2) is 7.75. The molecular weight excluding hydrogens is 367 g/mol. The molecule has 0 aliphatic carbocycles. The van der Waals surface area contributed by atoms with E-state index in [0.29, 0.717) is 49.3 Å². The molecule has 5 nitrogen and oxygen atoms in total. The minimum atomic E-state index is -0.927. The molecular formula is C20H18F3N5. The van der Waals surface area contributed by atoms with Gasteiger partial charge in [0.1, 0.15) is 11.6 Å². The van der Waals surface area contributed by atoms with Crippen LogP contribution in [0.1, 0.15) is 0 Å². The van der Waals surface area contributed by atoms with Crippen LogP contribution < -0.4 is 15.1 Å². The molecule has 0 saturated carbocycles. The van der Waals surface area contributed by atoms with Crippen LogP contribution in [0.4, 0.5) is 36.3 Å². The molecule has 3 aromatic rings. The summed E-state index contributed by atoms with van der Waals surface area (Å²) in [4.78, 5) is 12.8. The predicted molar refractivity (Wildman–Crippen MR) is 102 cm³/mol. The van der Waals surface area contributed by atoms with Gasteiger partial charge in [-0.25, -0.2) is 18.2 Å². The quantitative estimate of drug-likeness (QED) is 0.736. The third-order valence-corrected chi connectivity index (χ3v) is 4.59. The number of nitrogens with one attached hydrogen (secondary N) is 1. The number of para-hydroxylation sites is 1. The van der Waals surface area contributed by atoms with Gasteiger partial charge in [-0.3, -0.25) is 0 Å². The van der Waals surface area contributed by atoms with Crippen molar-refractivity contribution in [2.24, 2.45) is 0 Å². The summed E-state index contributed by atoms with van der Waals surface area (Å²) in [5, 5.41) is 2.95. The van der Waals surface area contributed by atoms with E-state index in [1.54, 1.807) is 24.4 Å². The molecule has 0 unspecified atom stereocenters. The lowest BCUT2D eigenvalue weighted by Gasteiger charge is -2.36. The molecule has 0 amide bonds. The second-order valence-electron chi connectivity index (χ2n) is 6.42. The van der Waals surface area contributed by atoms with E-state index in [9.17, 15) is 13.2 Å². The maximum Gasteiger partial charge on any atom is 0.227 e. The smallest absolute Gasteiger partial charge is 0.227 e. The molecule has 2 aromatic carbocycles. The maximum atomic E-state index is 14.0. The van der Waals surface area contributed by atoms with Gasteiger partial charge in [-0.15, -0.1) is 0 Å². The highest BCUT2D eigenvalue weighted by Crippen LogP contribution is 2.23. The van der Waals surface area contributed by atoms with Crippen LogP contribution in [0.25, 0.3) is 0 Å². The molecule has 2 heterocycles. The number of benzene rings is 2. The second-order valence-corrected chi connectivity index (χ2v) is 6.42. The van der Waals surface area contributed by atoms with Crippen molar-refractivity contribution in [3.05, 3.63) is 72.2 Å². The molecule has 1 N–H and O–H groups in total. The normalized spacial score (nSPS) is 14.2. The summed E-state index contributed by atoms with van der Waals surface area (Å²) in [7, 11) is 0. The Balaban J connectivity index is 1.44. The Hall–Kier alpha value is -3.29. The fraction of sp³-hybridized carbons (Fsp3) is 0.200. The molecule has 4 rings (SSSR count). The van der Waals surface area contributed by atoms with E-state index in [2.05, 4.69) is 15.3 Å². The largest absolute Gasteiger partial charge is 0.366 e. The van der Waals surface area contributed by atoms with Gasteiger partial charge in [-0.05, 0) is 30.3 Å². The van der Waals surface area contributed by atoms with Crippen LogP contribution >= 0.6 is 0 Å². The van der Waals surface area contributed by atoms with Crippen LogP contribution in [0.3, 0.4) is 0 Å². The van der Waals surface area contributed by atoms with Gasteiger partial charge in [0.15, 0.2) is 11.6 Å². The van der Waals surface area contributed by atoms with E-state index in [0.717, 1.165) is 12.1 Å². The molecule has 0 spiro atoms. The topological polar surface area (TPSA) is 44.3 Å². The summed E-state index contributed by atoms with van der Waals surface area (Å²) in [6.45, 7) is 2.57. The monoisotopic (exact) mass is 385 g/mol. The zero-order valence-electron chi connectivity index (χ0n) is 14.9. The first-order valence-electron chi connectivity index (χ1n) is 8.90. The molecule has 0 atom stereocenters. The molecule has 1 aliphatic heterocycles. The molecule has 1 aliphatic rings. The Morgan fingerprint density at radius 2 is 1.54 bits per heavy atom. The van der Waals surface area contributed by atoms with Crippen molar-refractivity contribution in [3.8, 4) is 0 Å². The first-order chi connectivity index (χ1) is 13.6. The lowest BCUT2D eigenvalue weighted by molar-refractivity contribution is 0.509. The third kappa shape index (κ3) is 3.85. The van der Waals surface area contributed by atoms with Crippen molar-refractivity contribution in [2.45, 2.75) is 0 Å². The minimum Gasteiger partial charge on any atom is -0.366 e. The van der Waals surface area contributed by atoms with Crippen LogP contribution in [0.2, 0.25) is 0 Å². The Bertz CT molecular complexity index is 974. The van der Waals surface area contributed by atoms with Crippen molar-refractivity contribution < 1.29 is 13.2 Å². The van der Waals surface area contributed by atoms with Gasteiger partial charge in [-0.2, -0.15) is 4.98 Å². The standard InChI is InChI=1S/C20H18F3N5/c21-15-6-5-14(13-17(15)23)25-19-7-8-24-20(26-19)28-11-9-27(10-12-28)18-4-2-1-3-16(18)22/h1-8,13H,9-12H2,(H,24,25,26). The van der Waals surface area contributed by atoms with Crippen molar-refractivity contribution in [3.63, 3.8) is 0 Å². The van der Waals surface area contributed by atoms with Crippen LogP contribution in [0.15, 0.2) is 54.7 Å². The van der Waals surface area contributed by atoms with Crippen molar-refractivity contribution >= 4 is 23.1 Å². The van der Waals surface area contributed by atoms with E-state index in [4.69, 9.17) is 0 Å². The highest BCUT2D eigenvalue weighted by atomic mass is 19.2. The number of hydrogen-bond acceptors (Lipinski definition) is 5.